The third kappa shape index (κ3) is 4.50. The molecule has 1 heterocycles. The predicted octanol–water partition coefficient (Wildman–Crippen LogP) is 2.37. The molecule has 0 radical (unpaired) electrons. The molecule has 0 saturated heterocycles. The zero-order chi connectivity index (χ0) is 13.7. The van der Waals surface area contributed by atoms with Gasteiger partial charge in [0.15, 0.2) is 0 Å². The van der Waals surface area contributed by atoms with Crippen LogP contribution in [0.4, 0.5) is 0 Å². The van der Waals surface area contributed by atoms with Crippen molar-refractivity contribution in [2.24, 2.45) is 0 Å². The maximum absolute atomic E-state index is 11.8. The fraction of sp³-hybridized carbons (Fsp3) is 0.364. The van der Waals surface area contributed by atoms with E-state index in [1.165, 1.54) is 12.3 Å². The molecule has 0 spiro atoms. The van der Waals surface area contributed by atoms with Crippen LogP contribution in [0.15, 0.2) is 12.3 Å². The molecule has 0 bridgehead atoms. The van der Waals surface area contributed by atoms with Gasteiger partial charge in [-0.3, -0.25) is 9.59 Å². The third-order valence-electron chi connectivity index (χ3n) is 2.23. The van der Waals surface area contributed by atoms with E-state index in [1.54, 1.807) is 6.92 Å². The number of hydrogen-bond donors (Lipinski definition) is 2. The van der Waals surface area contributed by atoms with Gasteiger partial charge in [-0.25, -0.2) is 4.98 Å². The van der Waals surface area contributed by atoms with Crippen molar-refractivity contribution in [3.8, 4) is 0 Å². The molecule has 0 saturated carbocycles. The van der Waals surface area contributed by atoms with Crippen LogP contribution in [0.1, 0.15) is 30.1 Å². The van der Waals surface area contributed by atoms with E-state index >= 15 is 0 Å². The van der Waals surface area contributed by atoms with Crippen molar-refractivity contribution in [2.75, 3.05) is 0 Å². The summed E-state index contributed by atoms with van der Waals surface area (Å²) in [5.41, 5.74) is 0.284. The highest BCUT2D eigenvalue weighted by Crippen LogP contribution is 2.19. The lowest BCUT2D eigenvalue weighted by Crippen LogP contribution is -2.33. The summed E-state index contributed by atoms with van der Waals surface area (Å²) >= 11 is 11.4. The van der Waals surface area contributed by atoms with Gasteiger partial charge in [0.05, 0.1) is 10.6 Å². The summed E-state index contributed by atoms with van der Waals surface area (Å²) < 4.78 is 0. The van der Waals surface area contributed by atoms with E-state index < -0.39 is 5.97 Å². The lowest BCUT2D eigenvalue weighted by atomic mass is 10.1. The number of carboxylic acids is 1. The number of carbonyl (C=O) groups excluding carboxylic acids is 1. The van der Waals surface area contributed by atoms with Crippen molar-refractivity contribution >= 4 is 35.1 Å². The highest BCUT2D eigenvalue weighted by molar-refractivity contribution is 6.41. The van der Waals surface area contributed by atoms with Crippen LogP contribution in [0, 0.1) is 0 Å². The summed E-state index contributed by atoms with van der Waals surface area (Å²) in [6, 6.07) is 1.17. The summed E-state index contributed by atoms with van der Waals surface area (Å²) in [5.74, 6) is -1.26. The van der Waals surface area contributed by atoms with E-state index in [4.69, 9.17) is 28.3 Å². The minimum atomic E-state index is -0.896. The van der Waals surface area contributed by atoms with Crippen molar-refractivity contribution in [3.63, 3.8) is 0 Å². The molecular weight excluding hydrogens is 279 g/mol. The molecule has 1 unspecified atom stereocenters. The Balaban J connectivity index is 2.59. The van der Waals surface area contributed by atoms with Crippen molar-refractivity contribution in [1.82, 2.24) is 10.3 Å². The van der Waals surface area contributed by atoms with E-state index in [1.807, 2.05) is 0 Å². The quantitative estimate of drug-likeness (QED) is 0.816. The first-order valence-electron chi connectivity index (χ1n) is 5.24. The number of nitrogens with one attached hydrogen (secondary N) is 1. The van der Waals surface area contributed by atoms with E-state index in [9.17, 15) is 9.59 Å². The first-order chi connectivity index (χ1) is 8.40. The minimum absolute atomic E-state index is 0.00106. The number of amides is 1. The van der Waals surface area contributed by atoms with Gasteiger partial charge in [-0.1, -0.05) is 23.2 Å². The van der Waals surface area contributed by atoms with Crippen LogP contribution in [0.5, 0.6) is 0 Å². The highest BCUT2D eigenvalue weighted by atomic mass is 35.5. The zero-order valence-electron chi connectivity index (χ0n) is 9.61. The first kappa shape index (κ1) is 14.7. The summed E-state index contributed by atoms with van der Waals surface area (Å²) in [6.45, 7) is 1.73. The van der Waals surface area contributed by atoms with Gasteiger partial charge >= 0.3 is 5.97 Å². The van der Waals surface area contributed by atoms with Gasteiger partial charge in [-0.05, 0) is 19.4 Å². The molecule has 1 atom stereocenters. The molecule has 7 heteroatoms. The van der Waals surface area contributed by atoms with Crippen LogP contribution in [-0.4, -0.2) is 28.0 Å². The van der Waals surface area contributed by atoms with Gasteiger partial charge in [0, 0.05) is 18.7 Å². The molecule has 1 rings (SSSR count). The van der Waals surface area contributed by atoms with Crippen molar-refractivity contribution in [3.05, 3.63) is 28.0 Å². The molecule has 0 aromatic carbocycles. The molecule has 5 nitrogen and oxygen atoms in total. The van der Waals surface area contributed by atoms with Crippen LogP contribution in [0.25, 0.3) is 0 Å². The predicted molar refractivity (Wildman–Crippen MR) is 68.1 cm³/mol. The van der Waals surface area contributed by atoms with Gasteiger partial charge in [-0.2, -0.15) is 0 Å². The highest BCUT2D eigenvalue weighted by Gasteiger charge is 2.12. The molecule has 18 heavy (non-hydrogen) atoms. The Morgan fingerprint density at radius 2 is 2.17 bits per heavy atom. The van der Waals surface area contributed by atoms with Crippen LogP contribution in [0.3, 0.4) is 0 Å². The maximum Gasteiger partial charge on any atom is 0.303 e. The second kappa shape index (κ2) is 6.56. The van der Waals surface area contributed by atoms with E-state index in [0.29, 0.717) is 6.42 Å². The van der Waals surface area contributed by atoms with Crippen LogP contribution < -0.4 is 5.32 Å². The first-order valence-corrected chi connectivity index (χ1v) is 5.99. The Morgan fingerprint density at radius 1 is 1.50 bits per heavy atom. The van der Waals surface area contributed by atoms with Crippen LogP contribution in [-0.2, 0) is 4.79 Å². The molecule has 98 valence electrons. The molecule has 1 aromatic rings. The minimum Gasteiger partial charge on any atom is -0.481 e. The molecule has 2 N–H and O–H groups in total. The molecule has 0 fully saturated rings. The molecular formula is C11H12Cl2N2O3. The average Bonchev–Trinajstić information content (AvgIpc) is 2.30. The average molecular weight is 291 g/mol. The van der Waals surface area contributed by atoms with E-state index in [-0.39, 0.29) is 34.1 Å². The van der Waals surface area contributed by atoms with Gasteiger partial charge in [-0.15, -0.1) is 0 Å². The van der Waals surface area contributed by atoms with Gasteiger partial charge < -0.3 is 10.4 Å². The lowest BCUT2D eigenvalue weighted by Gasteiger charge is -2.12. The Bertz CT molecular complexity index is 466. The third-order valence-corrected chi connectivity index (χ3v) is 2.91. The molecule has 1 aromatic heterocycles. The Labute approximate surface area is 114 Å². The number of carboxylic acid groups (broad SMARTS) is 1. The molecule has 1 amide bonds. The lowest BCUT2D eigenvalue weighted by molar-refractivity contribution is -0.137. The molecule has 0 aliphatic heterocycles. The fourth-order valence-electron chi connectivity index (χ4n) is 1.26. The Morgan fingerprint density at radius 3 is 2.72 bits per heavy atom. The fourth-order valence-corrected chi connectivity index (χ4v) is 1.53. The van der Waals surface area contributed by atoms with Crippen LogP contribution in [0.2, 0.25) is 10.2 Å². The second-order valence-corrected chi connectivity index (χ2v) is 4.57. The summed E-state index contributed by atoms with van der Waals surface area (Å²) in [7, 11) is 0. The monoisotopic (exact) mass is 290 g/mol. The molecule has 0 aliphatic carbocycles. The van der Waals surface area contributed by atoms with Crippen molar-refractivity contribution < 1.29 is 14.7 Å². The number of carbonyl (C=O) groups is 2. The van der Waals surface area contributed by atoms with Crippen molar-refractivity contribution in [2.45, 2.75) is 25.8 Å². The molecule has 0 aliphatic rings. The number of rotatable bonds is 5. The largest absolute Gasteiger partial charge is 0.481 e. The number of pyridine rings is 1. The van der Waals surface area contributed by atoms with Gasteiger partial charge in [0.25, 0.3) is 5.91 Å². The van der Waals surface area contributed by atoms with E-state index in [2.05, 4.69) is 10.3 Å². The summed E-state index contributed by atoms with van der Waals surface area (Å²) in [6.07, 6.45) is 1.67. The zero-order valence-corrected chi connectivity index (χ0v) is 11.1. The number of halogens is 2. The standard InChI is InChI=1S/C11H12Cl2N2O3/c1-6(2-3-9(16)17)15-11(18)7-4-8(12)10(13)14-5-7/h4-6H,2-3H2,1H3,(H,15,18)(H,16,17). The summed E-state index contributed by atoms with van der Waals surface area (Å²) in [5, 5.41) is 11.5. The topological polar surface area (TPSA) is 79.3 Å². The SMILES string of the molecule is CC(CCC(=O)O)NC(=O)c1cnc(Cl)c(Cl)c1. The Kier molecular flexibility index (Phi) is 5.37. The number of hydrogen-bond acceptors (Lipinski definition) is 3. The van der Waals surface area contributed by atoms with Gasteiger partial charge in [0.1, 0.15) is 5.15 Å². The maximum atomic E-state index is 11.8. The number of nitrogens with zero attached hydrogens (tertiary/aromatic N) is 1. The Hall–Kier alpha value is -1.33. The normalized spacial score (nSPS) is 11.9. The number of aliphatic carboxylic acids is 1. The smallest absolute Gasteiger partial charge is 0.303 e. The second-order valence-electron chi connectivity index (χ2n) is 3.80. The summed E-state index contributed by atoms with van der Waals surface area (Å²) in [4.78, 5) is 25.9. The van der Waals surface area contributed by atoms with Crippen molar-refractivity contribution in [1.29, 1.82) is 0 Å². The number of aromatic nitrogens is 1. The van der Waals surface area contributed by atoms with Crippen LogP contribution >= 0.6 is 23.2 Å². The van der Waals surface area contributed by atoms with E-state index in [0.717, 1.165) is 0 Å². The van der Waals surface area contributed by atoms with Gasteiger partial charge in [0.2, 0.25) is 0 Å².